The Morgan fingerprint density at radius 2 is 0.467 bits per heavy atom. The van der Waals surface area contributed by atoms with E-state index in [9.17, 15) is 0 Å². The molecule has 7 heterocycles. The van der Waals surface area contributed by atoms with Crippen LogP contribution in [0.15, 0.2) is 364 Å². The molecule has 0 amide bonds. The van der Waals surface area contributed by atoms with Crippen molar-refractivity contribution in [3.8, 4) is 67.1 Å². The van der Waals surface area contributed by atoms with Gasteiger partial charge >= 0.3 is 0 Å². The summed E-state index contributed by atoms with van der Waals surface area (Å²) in [5.41, 5.74) is 39.4. The van der Waals surface area contributed by atoms with Gasteiger partial charge in [-0.15, -0.1) is 0 Å². The molecule has 6 nitrogen and oxygen atoms in total. The van der Waals surface area contributed by atoms with Crippen LogP contribution in [0.2, 0.25) is 0 Å². The monoisotopic (exact) mass is 1330 g/mol. The average Bonchev–Trinajstić information content (AvgIpc) is 0.655. The van der Waals surface area contributed by atoms with Crippen molar-refractivity contribution in [2.75, 3.05) is 24.5 Å². The van der Waals surface area contributed by atoms with Crippen molar-refractivity contribution in [3.63, 3.8) is 0 Å². The molecule has 23 rings (SSSR count). The van der Waals surface area contributed by atoms with E-state index < -0.39 is 0 Å². The van der Waals surface area contributed by atoms with E-state index in [-0.39, 0.29) is 20.1 Å². The molecule has 0 saturated carbocycles. The van der Waals surface area contributed by atoms with Crippen LogP contribution < -0.4 is 78.4 Å². The maximum atomic E-state index is 8.08. The second-order valence-electron chi connectivity index (χ2n) is 28.5. The SMILES string of the molecule is c1ccc(-c2ccc3c(c2)N(c2ccccc2)c2cc(-c4ccccc4)cc4c2B3c2cc3c(cc2N4c2ccccc2)N(c2ccccc2)c2cc4c5c6c2B3c2ccc(-c3ccccc3)c3c2N6c2c(ccc(-c6ccccc6)c2O3)B5c2ccc(-c3ccccc3)cc2N4c2ccccc2)cc1. The van der Waals surface area contributed by atoms with E-state index in [2.05, 4.69) is 388 Å². The maximum absolute atomic E-state index is 8.08. The minimum absolute atomic E-state index is 0.197. The van der Waals surface area contributed by atoms with Crippen molar-refractivity contribution in [1.82, 2.24) is 0 Å². The summed E-state index contributed by atoms with van der Waals surface area (Å²) in [6, 6.07) is 136. The first-order chi connectivity index (χ1) is 52.1. The van der Waals surface area contributed by atoms with Gasteiger partial charge in [0.2, 0.25) is 0 Å². The maximum Gasteiger partial charge on any atom is 0.252 e. The quantitative estimate of drug-likeness (QED) is 0.134. The van der Waals surface area contributed by atoms with E-state index in [0.717, 1.165) is 130 Å². The molecule has 0 bridgehead atoms. The highest BCUT2D eigenvalue weighted by Crippen LogP contribution is 2.60. The first kappa shape index (κ1) is 58.2. The second-order valence-corrected chi connectivity index (χ2v) is 28.5. The molecule has 7 aliphatic rings. The van der Waals surface area contributed by atoms with Crippen LogP contribution in [0, 0.1) is 0 Å². The molecule has 0 atom stereocenters. The summed E-state index contributed by atoms with van der Waals surface area (Å²) in [6.45, 7) is -0.696. The topological polar surface area (TPSA) is 25.4 Å². The third-order valence-corrected chi connectivity index (χ3v) is 23.1. The summed E-state index contributed by atoms with van der Waals surface area (Å²) in [6.07, 6.45) is 0. The van der Waals surface area contributed by atoms with Gasteiger partial charge in [-0.3, -0.25) is 0 Å². The molecule has 7 aliphatic heterocycles. The summed E-state index contributed by atoms with van der Waals surface area (Å²) < 4.78 is 8.08. The first-order valence-electron chi connectivity index (χ1n) is 36.5. The van der Waals surface area contributed by atoms with Crippen molar-refractivity contribution in [3.05, 3.63) is 364 Å². The number of fused-ring (bicyclic) bond motifs is 10. The van der Waals surface area contributed by atoms with Crippen LogP contribution in [0.4, 0.5) is 85.3 Å². The average molecular weight is 1330 g/mol. The third kappa shape index (κ3) is 8.40. The number of hydrogen-bond acceptors (Lipinski definition) is 6. The van der Waals surface area contributed by atoms with Gasteiger partial charge in [0.15, 0.2) is 11.5 Å². The van der Waals surface area contributed by atoms with Crippen LogP contribution in [-0.2, 0) is 0 Å². The van der Waals surface area contributed by atoms with Gasteiger partial charge < -0.3 is 29.2 Å². The van der Waals surface area contributed by atoms with Gasteiger partial charge in [0.05, 0.1) is 11.4 Å². The first-order valence-corrected chi connectivity index (χ1v) is 36.5. The van der Waals surface area contributed by atoms with E-state index in [1.165, 1.54) is 71.5 Å². The zero-order valence-electron chi connectivity index (χ0n) is 57.0. The van der Waals surface area contributed by atoms with Crippen molar-refractivity contribution < 1.29 is 4.74 Å². The van der Waals surface area contributed by atoms with Crippen molar-refractivity contribution >= 4 is 155 Å². The number of ether oxygens (including phenoxy) is 1. The summed E-state index contributed by atoms with van der Waals surface area (Å²) in [4.78, 5) is 13.1. The van der Waals surface area contributed by atoms with Crippen LogP contribution in [-0.4, -0.2) is 20.1 Å². The molecule has 0 radical (unpaired) electrons. The van der Waals surface area contributed by atoms with Crippen LogP contribution >= 0.6 is 0 Å². The molecule has 0 unspecified atom stereocenters. The van der Waals surface area contributed by atoms with Crippen molar-refractivity contribution in [1.29, 1.82) is 0 Å². The van der Waals surface area contributed by atoms with Gasteiger partial charge in [-0.25, -0.2) is 0 Å². The number of hydrogen-bond donors (Lipinski definition) is 0. The summed E-state index contributed by atoms with van der Waals surface area (Å²) in [5, 5.41) is 0. The minimum atomic E-state index is -0.289. The van der Waals surface area contributed by atoms with Crippen LogP contribution in [0.25, 0.3) is 55.6 Å². The molecule has 16 aromatic carbocycles. The Morgan fingerprint density at radius 3 is 0.848 bits per heavy atom. The Hall–Kier alpha value is -13.5. The number of para-hydroxylation sites is 4. The largest absolute Gasteiger partial charge is 0.452 e. The molecular weight excluding hydrogens is 1270 g/mol. The molecule has 0 spiro atoms. The second kappa shape index (κ2) is 22.5. The van der Waals surface area contributed by atoms with Gasteiger partial charge in [0.25, 0.3) is 20.1 Å². The molecule has 0 aliphatic carbocycles. The van der Waals surface area contributed by atoms with E-state index in [1.54, 1.807) is 0 Å². The van der Waals surface area contributed by atoms with Gasteiger partial charge in [-0.2, -0.15) is 0 Å². The number of nitrogens with zero attached hydrogens (tertiary/aromatic N) is 5. The molecule has 0 N–H and O–H groups in total. The lowest BCUT2D eigenvalue weighted by atomic mass is 9.27. The van der Waals surface area contributed by atoms with Crippen LogP contribution in [0.5, 0.6) is 11.5 Å². The fraction of sp³-hybridized carbons (Fsp3) is 0. The van der Waals surface area contributed by atoms with Crippen LogP contribution in [0.3, 0.4) is 0 Å². The predicted molar refractivity (Wildman–Crippen MR) is 441 cm³/mol. The molecule has 484 valence electrons. The Morgan fingerprint density at radius 1 is 0.181 bits per heavy atom. The third-order valence-electron chi connectivity index (χ3n) is 23.1. The van der Waals surface area contributed by atoms with Crippen molar-refractivity contribution in [2.24, 2.45) is 0 Å². The Bertz CT molecular complexity index is 6280. The lowest BCUT2D eigenvalue weighted by Gasteiger charge is -2.53. The predicted octanol–water partition coefficient (Wildman–Crippen LogP) is 18.9. The van der Waals surface area contributed by atoms with E-state index in [4.69, 9.17) is 4.74 Å². The molecule has 0 fully saturated rings. The highest BCUT2D eigenvalue weighted by molar-refractivity contribution is 7.06. The van der Waals surface area contributed by atoms with E-state index >= 15 is 0 Å². The number of rotatable bonds is 9. The molecule has 9 heteroatoms. The number of benzene rings is 16. The normalized spacial score (nSPS) is 13.6. The van der Waals surface area contributed by atoms with E-state index in [0.29, 0.717) is 0 Å². The van der Waals surface area contributed by atoms with E-state index in [1.807, 2.05) is 0 Å². The standard InChI is InChI=1S/C96H60B3N5O/c1-10-28-61(29-11-1)66-46-50-75-81(54-66)101(70-40-22-7-23-41-70)87-60-88-91-94-90(87)97(75)77-52-48-73(64-34-16-4-17-35-64)95-92(77)104(94)93-78(53-49-74(96(93)105-95)65-36-18-5-19-37-65)99(91)80-58-79-83(59-84(80)103(88)72-44-26-9-27-45-72)102(71-42-24-8-25-43-71)86-57-68(63-32-14-3-15-33-63)56-85-89(86)98(79)76-51-47-67(62-30-12-2-13-31-62)55-82(76)100(85)69-38-20-6-21-39-69/h1-60H. The summed E-state index contributed by atoms with van der Waals surface area (Å²) in [5.74, 6) is 1.72. The lowest BCUT2D eigenvalue weighted by Crippen LogP contribution is -2.69. The minimum Gasteiger partial charge on any atom is -0.452 e. The van der Waals surface area contributed by atoms with Gasteiger partial charge in [0, 0.05) is 85.1 Å². The molecular formula is C96H60B3N5O. The highest BCUT2D eigenvalue weighted by atomic mass is 16.5. The Kier molecular flexibility index (Phi) is 12.5. The molecule has 0 saturated heterocycles. The zero-order chi connectivity index (χ0) is 68.5. The summed E-state index contributed by atoms with van der Waals surface area (Å²) in [7, 11) is 0. The lowest BCUT2D eigenvalue weighted by molar-refractivity contribution is 0.481. The van der Waals surface area contributed by atoms with Crippen LogP contribution in [0.1, 0.15) is 0 Å². The van der Waals surface area contributed by atoms with Gasteiger partial charge in [-0.1, -0.05) is 279 Å². The summed E-state index contributed by atoms with van der Waals surface area (Å²) >= 11 is 0. The Labute approximate surface area is 611 Å². The fourth-order valence-corrected chi connectivity index (χ4v) is 18.8. The molecule has 16 aromatic rings. The smallest absolute Gasteiger partial charge is 0.252 e. The van der Waals surface area contributed by atoms with Crippen molar-refractivity contribution in [2.45, 2.75) is 0 Å². The zero-order valence-corrected chi connectivity index (χ0v) is 57.0. The molecule has 105 heavy (non-hydrogen) atoms. The Balaban J connectivity index is 0.871. The highest BCUT2D eigenvalue weighted by Gasteiger charge is 2.56. The fourth-order valence-electron chi connectivity index (χ4n) is 18.8. The number of anilines is 15. The van der Waals surface area contributed by atoms with Gasteiger partial charge in [0.1, 0.15) is 0 Å². The molecule has 0 aromatic heterocycles. The van der Waals surface area contributed by atoms with Gasteiger partial charge in [-0.05, 0) is 179 Å².